The lowest BCUT2D eigenvalue weighted by molar-refractivity contribution is -0.171. The summed E-state index contributed by atoms with van der Waals surface area (Å²) in [6.45, 7) is 3.48. The van der Waals surface area contributed by atoms with Gasteiger partial charge in [-0.15, -0.1) is 0 Å². The third kappa shape index (κ3) is 7.25. The van der Waals surface area contributed by atoms with Gasteiger partial charge in [0.2, 0.25) is 11.8 Å². The molecule has 170 valence electrons. The van der Waals surface area contributed by atoms with Crippen molar-refractivity contribution in [3.05, 3.63) is 35.9 Å². The van der Waals surface area contributed by atoms with Crippen LogP contribution in [0, 0.1) is 5.92 Å². The molecule has 1 fully saturated rings. The Morgan fingerprint density at radius 3 is 2.55 bits per heavy atom. The molecule has 2 rings (SSSR count). The molecule has 0 radical (unpaired) electrons. The van der Waals surface area contributed by atoms with Crippen molar-refractivity contribution in [1.82, 2.24) is 15.3 Å². The van der Waals surface area contributed by atoms with Gasteiger partial charge in [-0.05, 0) is 30.7 Å². The quantitative estimate of drug-likeness (QED) is 0.391. The van der Waals surface area contributed by atoms with Crippen LogP contribution in [0.1, 0.15) is 38.7 Å². The van der Waals surface area contributed by atoms with Crippen LogP contribution in [0.2, 0.25) is 0 Å². The molecule has 10 heteroatoms. The SMILES string of the molecule is CC(C)C[C@H](NC(=O)[C@@H]1CCCN1C(=O)OCc1ccccc1)C(=O)N(O)CC(N)=O. The average molecular weight is 434 g/mol. The van der Waals surface area contributed by atoms with Crippen LogP contribution in [0.25, 0.3) is 0 Å². The van der Waals surface area contributed by atoms with Crippen molar-refractivity contribution in [3.8, 4) is 0 Å². The van der Waals surface area contributed by atoms with E-state index in [2.05, 4.69) is 5.32 Å². The molecular weight excluding hydrogens is 404 g/mol. The van der Waals surface area contributed by atoms with Crippen LogP contribution in [0.5, 0.6) is 0 Å². The third-order valence-corrected chi connectivity index (χ3v) is 4.88. The van der Waals surface area contributed by atoms with E-state index in [9.17, 15) is 24.4 Å². The monoisotopic (exact) mass is 434 g/mol. The van der Waals surface area contributed by atoms with Gasteiger partial charge in [-0.2, -0.15) is 0 Å². The first-order chi connectivity index (χ1) is 14.7. The highest BCUT2D eigenvalue weighted by atomic mass is 16.6. The van der Waals surface area contributed by atoms with Gasteiger partial charge in [0.25, 0.3) is 5.91 Å². The normalized spacial score (nSPS) is 16.6. The molecular formula is C21H30N4O6. The third-order valence-electron chi connectivity index (χ3n) is 4.88. The minimum atomic E-state index is -1.06. The number of benzene rings is 1. The number of primary amides is 1. The molecule has 1 aliphatic rings. The first-order valence-corrected chi connectivity index (χ1v) is 10.2. The lowest BCUT2D eigenvalue weighted by Crippen LogP contribution is -2.54. The number of ether oxygens (including phenoxy) is 1. The van der Waals surface area contributed by atoms with E-state index in [1.54, 1.807) is 0 Å². The maximum atomic E-state index is 12.9. The Bertz CT molecular complexity index is 785. The summed E-state index contributed by atoms with van der Waals surface area (Å²) in [5, 5.41) is 12.6. The highest BCUT2D eigenvalue weighted by Crippen LogP contribution is 2.20. The van der Waals surface area contributed by atoms with E-state index in [0.717, 1.165) is 5.56 Å². The number of rotatable bonds is 9. The predicted molar refractivity (Wildman–Crippen MR) is 110 cm³/mol. The number of hydroxylamine groups is 2. The molecule has 0 bridgehead atoms. The predicted octanol–water partition coefficient (Wildman–Crippen LogP) is 1.02. The fourth-order valence-electron chi connectivity index (χ4n) is 3.43. The molecule has 0 aromatic heterocycles. The Kier molecular flexibility index (Phi) is 8.80. The number of likely N-dealkylation sites (tertiary alicyclic amines) is 1. The molecule has 1 aliphatic heterocycles. The van der Waals surface area contributed by atoms with Crippen molar-refractivity contribution in [2.75, 3.05) is 13.1 Å². The number of nitrogens with one attached hydrogen (secondary N) is 1. The summed E-state index contributed by atoms with van der Waals surface area (Å²) in [5.41, 5.74) is 5.85. The van der Waals surface area contributed by atoms with Crippen LogP contribution in [0.15, 0.2) is 30.3 Å². The van der Waals surface area contributed by atoms with Gasteiger partial charge in [0.1, 0.15) is 25.2 Å². The van der Waals surface area contributed by atoms with Crippen molar-refractivity contribution in [3.63, 3.8) is 0 Å². The molecule has 1 heterocycles. The van der Waals surface area contributed by atoms with Crippen LogP contribution in [-0.2, 0) is 25.7 Å². The Morgan fingerprint density at radius 2 is 1.94 bits per heavy atom. The van der Waals surface area contributed by atoms with Crippen molar-refractivity contribution >= 4 is 23.8 Å². The summed E-state index contributed by atoms with van der Waals surface area (Å²) in [7, 11) is 0. The van der Waals surface area contributed by atoms with Crippen LogP contribution in [-0.4, -0.2) is 64.2 Å². The second kappa shape index (κ2) is 11.3. The summed E-state index contributed by atoms with van der Waals surface area (Å²) in [5.74, 6) is -2.21. The number of carbonyl (C=O) groups excluding carboxylic acids is 4. The highest BCUT2D eigenvalue weighted by Gasteiger charge is 2.37. The molecule has 10 nitrogen and oxygen atoms in total. The van der Waals surface area contributed by atoms with Gasteiger partial charge in [-0.25, -0.2) is 9.86 Å². The number of hydrogen-bond acceptors (Lipinski definition) is 6. The van der Waals surface area contributed by atoms with E-state index in [1.165, 1.54) is 4.90 Å². The van der Waals surface area contributed by atoms with Crippen molar-refractivity contribution < 1.29 is 29.1 Å². The minimum absolute atomic E-state index is 0.0201. The molecule has 0 unspecified atom stereocenters. The molecule has 0 saturated carbocycles. The number of carbonyl (C=O) groups is 4. The van der Waals surface area contributed by atoms with Crippen LogP contribution in [0.4, 0.5) is 4.79 Å². The molecule has 31 heavy (non-hydrogen) atoms. The van der Waals surface area contributed by atoms with E-state index in [-0.39, 0.29) is 24.0 Å². The zero-order valence-corrected chi connectivity index (χ0v) is 17.8. The van der Waals surface area contributed by atoms with Gasteiger partial charge >= 0.3 is 6.09 Å². The summed E-state index contributed by atoms with van der Waals surface area (Å²) in [6, 6.07) is 7.35. The van der Waals surface area contributed by atoms with Crippen molar-refractivity contribution in [2.24, 2.45) is 11.7 Å². The van der Waals surface area contributed by atoms with Crippen LogP contribution >= 0.6 is 0 Å². The Labute approximate surface area is 181 Å². The molecule has 0 spiro atoms. The molecule has 1 saturated heterocycles. The maximum Gasteiger partial charge on any atom is 0.410 e. The molecule has 4 amide bonds. The van der Waals surface area contributed by atoms with Crippen molar-refractivity contribution in [1.29, 1.82) is 0 Å². The summed E-state index contributed by atoms with van der Waals surface area (Å²) >= 11 is 0. The van der Waals surface area contributed by atoms with E-state index in [0.29, 0.717) is 19.4 Å². The number of nitrogens with two attached hydrogens (primary N) is 1. The fraction of sp³-hybridized carbons (Fsp3) is 0.524. The summed E-state index contributed by atoms with van der Waals surface area (Å²) in [4.78, 5) is 50.2. The lowest BCUT2D eigenvalue weighted by Gasteiger charge is -2.27. The molecule has 2 atom stereocenters. The molecule has 1 aromatic rings. The van der Waals surface area contributed by atoms with E-state index in [1.807, 2.05) is 44.2 Å². The van der Waals surface area contributed by atoms with Gasteiger partial charge in [0, 0.05) is 6.54 Å². The van der Waals surface area contributed by atoms with Gasteiger partial charge in [-0.3, -0.25) is 24.5 Å². The molecule has 0 aliphatic carbocycles. The van der Waals surface area contributed by atoms with Gasteiger partial charge in [0.15, 0.2) is 0 Å². The number of amides is 4. The standard InChI is InChI=1S/C21H30N4O6/c1-14(2)11-16(20(28)25(30)12-18(22)26)23-19(27)17-9-6-10-24(17)21(29)31-13-15-7-4-3-5-8-15/h3-5,7-8,14,16-17,30H,6,9-13H2,1-2H3,(H2,22,26)(H,23,27)/t16-,17-/m0/s1. The number of hydrogen-bond donors (Lipinski definition) is 3. The second-order valence-corrected chi connectivity index (χ2v) is 7.94. The van der Waals surface area contributed by atoms with E-state index in [4.69, 9.17) is 10.5 Å². The first kappa shape index (κ1) is 24.1. The Hall–Kier alpha value is -3.14. The number of nitrogens with zero attached hydrogens (tertiary/aromatic N) is 2. The van der Waals surface area contributed by atoms with Crippen molar-refractivity contribution in [2.45, 2.75) is 51.8 Å². The van der Waals surface area contributed by atoms with E-state index >= 15 is 0 Å². The first-order valence-electron chi connectivity index (χ1n) is 10.2. The molecule has 4 N–H and O–H groups in total. The van der Waals surface area contributed by atoms with Gasteiger partial charge in [-0.1, -0.05) is 44.2 Å². The largest absolute Gasteiger partial charge is 0.445 e. The lowest BCUT2D eigenvalue weighted by atomic mass is 10.0. The van der Waals surface area contributed by atoms with E-state index < -0.39 is 42.4 Å². The summed E-state index contributed by atoms with van der Waals surface area (Å²) in [6.07, 6.45) is 0.686. The topological polar surface area (TPSA) is 142 Å². The minimum Gasteiger partial charge on any atom is -0.445 e. The van der Waals surface area contributed by atoms with Gasteiger partial charge < -0.3 is 15.8 Å². The Balaban J connectivity index is 2.01. The fourth-order valence-corrected chi connectivity index (χ4v) is 3.43. The van der Waals surface area contributed by atoms with Crippen LogP contribution < -0.4 is 11.1 Å². The average Bonchev–Trinajstić information content (AvgIpc) is 3.21. The smallest absolute Gasteiger partial charge is 0.410 e. The zero-order chi connectivity index (χ0) is 23.0. The zero-order valence-electron chi connectivity index (χ0n) is 17.8. The van der Waals surface area contributed by atoms with Crippen LogP contribution in [0.3, 0.4) is 0 Å². The van der Waals surface area contributed by atoms with Gasteiger partial charge in [0.05, 0.1) is 0 Å². The second-order valence-electron chi connectivity index (χ2n) is 7.94. The molecule has 1 aromatic carbocycles. The summed E-state index contributed by atoms with van der Waals surface area (Å²) < 4.78 is 5.33. The Morgan fingerprint density at radius 1 is 1.26 bits per heavy atom. The highest BCUT2D eigenvalue weighted by molar-refractivity contribution is 5.92. The maximum absolute atomic E-state index is 12.9.